The normalized spacial score (nSPS) is 18.7. The largest absolute Gasteiger partial charge is 0.455 e. The number of hydrogen-bond acceptors (Lipinski definition) is 5. The number of nitrogens with one attached hydrogen (secondary N) is 1. The van der Waals surface area contributed by atoms with Gasteiger partial charge in [-0.2, -0.15) is 5.26 Å². The molecule has 0 saturated carbocycles. The van der Waals surface area contributed by atoms with E-state index in [9.17, 15) is 19.6 Å². The maximum absolute atomic E-state index is 12.2. The van der Waals surface area contributed by atoms with Gasteiger partial charge in [0.2, 0.25) is 5.91 Å². The predicted octanol–water partition coefficient (Wildman–Crippen LogP) is 1.95. The van der Waals surface area contributed by atoms with Crippen molar-refractivity contribution >= 4 is 23.5 Å². The van der Waals surface area contributed by atoms with Crippen molar-refractivity contribution in [2.75, 3.05) is 18.1 Å². The predicted molar refractivity (Wildman–Crippen MR) is 99.6 cm³/mol. The van der Waals surface area contributed by atoms with E-state index in [1.54, 1.807) is 11.8 Å². The van der Waals surface area contributed by atoms with Crippen LogP contribution < -0.4 is 10.2 Å². The van der Waals surface area contributed by atoms with Crippen molar-refractivity contribution in [3.63, 3.8) is 0 Å². The molecule has 0 radical (unpaired) electrons. The Labute approximate surface area is 159 Å². The Bertz CT molecular complexity index is 766. The highest BCUT2D eigenvalue weighted by atomic mass is 16.5. The molecule has 1 saturated heterocycles. The Hall–Kier alpha value is -2.88. The van der Waals surface area contributed by atoms with Crippen LogP contribution in [-0.4, -0.2) is 36.5 Å². The number of ether oxygens (including phenoxy) is 1. The van der Waals surface area contributed by atoms with Gasteiger partial charge in [0.25, 0.3) is 5.91 Å². The standard InChI is InChI=1S/C20H25N3O4/c1-13(2)20(4,12-21)22-17(24)11-27-19(26)15-9-18(25)23(10-15)16-7-5-14(3)6-8-16/h5-8,13,15H,9-11H2,1-4H3,(H,22,24)/t15-,20+/m0/s1. The molecule has 2 amide bonds. The lowest BCUT2D eigenvalue weighted by atomic mass is 9.90. The highest BCUT2D eigenvalue weighted by Gasteiger charge is 2.37. The number of anilines is 1. The Morgan fingerprint density at radius 1 is 1.37 bits per heavy atom. The van der Waals surface area contributed by atoms with E-state index in [4.69, 9.17) is 4.74 Å². The molecule has 2 atom stereocenters. The summed E-state index contributed by atoms with van der Waals surface area (Å²) in [5, 5.41) is 11.8. The molecule has 1 aromatic carbocycles. The van der Waals surface area contributed by atoms with Crippen LogP contribution in [0.15, 0.2) is 24.3 Å². The molecule has 27 heavy (non-hydrogen) atoms. The van der Waals surface area contributed by atoms with Crippen molar-refractivity contribution in [1.29, 1.82) is 5.26 Å². The molecular weight excluding hydrogens is 346 g/mol. The van der Waals surface area contributed by atoms with Crippen molar-refractivity contribution in [1.82, 2.24) is 5.32 Å². The average molecular weight is 371 g/mol. The SMILES string of the molecule is Cc1ccc(N2C[C@@H](C(=O)OCC(=O)N[C@](C)(C#N)C(C)C)CC2=O)cc1. The molecule has 1 heterocycles. The van der Waals surface area contributed by atoms with Gasteiger partial charge >= 0.3 is 5.97 Å². The number of amides is 2. The lowest BCUT2D eigenvalue weighted by molar-refractivity contribution is -0.152. The number of nitrogens with zero attached hydrogens (tertiary/aromatic N) is 2. The van der Waals surface area contributed by atoms with Crippen molar-refractivity contribution < 1.29 is 19.1 Å². The maximum atomic E-state index is 12.2. The van der Waals surface area contributed by atoms with Gasteiger partial charge in [-0.05, 0) is 31.9 Å². The van der Waals surface area contributed by atoms with Crippen LogP contribution in [0.3, 0.4) is 0 Å². The maximum Gasteiger partial charge on any atom is 0.311 e. The van der Waals surface area contributed by atoms with Crippen LogP contribution in [0.1, 0.15) is 32.8 Å². The van der Waals surface area contributed by atoms with Crippen LogP contribution in [0.5, 0.6) is 0 Å². The van der Waals surface area contributed by atoms with Gasteiger partial charge in [-0.25, -0.2) is 0 Å². The van der Waals surface area contributed by atoms with Crippen molar-refractivity contribution in [2.24, 2.45) is 11.8 Å². The summed E-state index contributed by atoms with van der Waals surface area (Å²) in [5.74, 6) is -1.99. The van der Waals surface area contributed by atoms with Gasteiger partial charge in [0, 0.05) is 18.7 Å². The lowest BCUT2D eigenvalue weighted by Gasteiger charge is -2.27. The second-order valence-corrected chi connectivity index (χ2v) is 7.37. The van der Waals surface area contributed by atoms with Crippen LogP contribution in [-0.2, 0) is 19.1 Å². The minimum Gasteiger partial charge on any atom is -0.455 e. The molecule has 144 valence electrons. The van der Waals surface area contributed by atoms with Gasteiger partial charge in [0.15, 0.2) is 6.61 Å². The number of benzene rings is 1. The van der Waals surface area contributed by atoms with Gasteiger partial charge in [0.05, 0.1) is 12.0 Å². The third kappa shape index (κ3) is 4.85. The molecule has 2 rings (SSSR count). The topological polar surface area (TPSA) is 99.5 Å². The highest BCUT2D eigenvalue weighted by Crippen LogP contribution is 2.26. The zero-order chi connectivity index (χ0) is 20.2. The summed E-state index contributed by atoms with van der Waals surface area (Å²) in [6.45, 7) is 6.96. The molecule has 1 aromatic rings. The summed E-state index contributed by atoms with van der Waals surface area (Å²) in [6.07, 6.45) is 0.0518. The molecule has 0 bridgehead atoms. The fraction of sp³-hybridized carbons (Fsp3) is 0.500. The summed E-state index contributed by atoms with van der Waals surface area (Å²) in [4.78, 5) is 38.0. The van der Waals surface area contributed by atoms with E-state index < -0.39 is 29.9 Å². The monoisotopic (exact) mass is 371 g/mol. The van der Waals surface area contributed by atoms with Crippen LogP contribution in [0.4, 0.5) is 5.69 Å². The Morgan fingerprint density at radius 2 is 2.00 bits per heavy atom. The third-order valence-electron chi connectivity index (χ3n) is 4.94. The van der Waals surface area contributed by atoms with Gasteiger partial charge < -0.3 is 15.0 Å². The zero-order valence-electron chi connectivity index (χ0n) is 16.1. The van der Waals surface area contributed by atoms with E-state index in [1.807, 2.05) is 45.0 Å². The number of carbonyl (C=O) groups excluding carboxylic acids is 3. The van der Waals surface area contributed by atoms with Crippen LogP contribution in [0.2, 0.25) is 0 Å². The Balaban J connectivity index is 1.90. The quantitative estimate of drug-likeness (QED) is 0.771. The number of aryl methyl sites for hydroxylation is 1. The minimum absolute atomic E-state index is 0.0518. The molecule has 0 aliphatic carbocycles. The smallest absolute Gasteiger partial charge is 0.311 e. The molecule has 1 aliphatic heterocycles. The fourth-order valence-corrected chi connectivity index (χ4v) is 2.72. The second-order valence-electron chi connectivity index (χ2n) is 7.37. The van der Waals surface area contributed by atoms with Crippen LogP contribution in [0, 0.1) is 30.1 Å². The number of esters is 1. The number of carbonyl (C=O) groups is 3. The van der Waals surface area contributed by atoms with E-state index in [0.29, 0.717) is 0 Å². The molecule has 0 spiro atoms. The third-order valence-corrected chi connectivity index (χ3v) is 4.94. The summed E-state index contributed by atoms with van der Waals surface area (Å²) in [5.41, 5.74) is 0.785. The number of nitriles is 1. The Kier molecular flexibility index (Phi) is 6.21. The van der Waals surface area contributed by atoms with E-state index in [0.717, 1.165) is 11.3 Å². The van der Waals surface area contributed by atoms with Crippen molar-refractivity contribution in [3.8, 4) is 6.07 Å². The van der Waals surface area contributed by atoms with Crippen molar-refractivity contribution in [3.05, 3.63) is 29.8 Å². The Morgan fingerprint density at radius 3 is 2.56 bits per heavy atom. The van der Waals surface area contributed by atoms with Gasteiger partial charge in [-0.15, -0.1) is 0 Å². The van der Waals surface area contributed by atoms with Crippen molar-refractivity contribution in [2.45, 2.75) is 39.7 Å². The molecule has 1 fully saturated rings. The molecule has 1 N–H and O–H groups in total. The minimum atomic E-state index is -1.03. The average Bonchev–Trinajstić information content (AvgIpc) is 3.02. The molecule has 7 heteroatoms. The number of rotatable bonds is 6. The lowest BCUT2D eigenvalue weighted by Crippen LogP contribution is -2.50. The van der Waals surface area contributed by atoms with Gasteiger partial charge in [-0.3, -0.25) is 14.4 Å². The van der Waals surface area contributed by atoms with Crippen LogP contribution >= 0.6 is 0 Å². The van der Waals surface area contributed by atoms with Crippen LogP contribution in [0.25, 0.3) is 0 Å². The zero-order valence-corrected chi connectivity index (χ0v) is 16.1. The first-order chi connectivity index (χ1) is 12.7. The van der Waals surface area contributed by atoms with E-state index in [2.05, 4.69) is 11.4 Å². The second kappa shape index (κ2) is 8.21. The van der Waals surface area contributed by atoms with Gasteiger partial charge in [-0.1, -0.05) is 31.5 Å². The first-order valence-corrected chi connectivity index (χ1v) is 8.92. The summed E-state index contributed by atoms with van der Waals surface area (Å²) < 4.78 is 5.07. The molecule has 7 nitrogen and oxygen atoms in total. The molecule has 1 aliphatic rings. The molecule has 0 unspecified atom stereocenters. The van der Waals surface area contributed by atoms with E-state index in [-0.39, 0.29) is 24.8 Å². The first-order valence-electron chi connectivity index (χ1n) is 8.92. The van der Waals surface area contributed by atoms with Gasteiger partial charge in [0.1, 0.15) is 5.54 Å². The fourth-order valence-electron chi connectivity index (χ4n) is 2.72. The van der Waals surface area contributed by atoms with E-state index in [1.165, 1.54) is 0 Å². The highest BCUT2D eigenvalue weighted by molar-refractivity contribution is 5.99. The summed E-state index contributed by atoms with van der Waals surface area (Å²) >= 11 is 0. The number of hydrogen-bond donors (Lipinski definition) is 1. The molecular formula is C20H25N3O4. The summed E-state index contributed by atoms with van der Waals surface area (Å²) in [7, 11) is 0. The first kappa shape index (κ1) is 20.4. The van der Waals surface area contributed by atoms with E-state index >= 15 is 0 Å². The molecule has 0 aromatic heterocycles. The summed E-state index contributed by atoms with van der Waals surface area (Å²) in [6, 6.07) is 9.54.